The van der Waals surface area contributed by atoms with E-state index in [9.17, 15) is 0 Å². The van der Waals surface area contributed by atoms with Crippen LogP contribution < -0.4 is 0 Å². The van der Waals surface area contributed by atoms with E-state index >= 15 is 0 Å². The van der Waals surface area contributed by atoms with Gasteiger partial charge in [-0.05, 0) is 0 Å². The van der Waals surface area contributed by atoms with E-state index in [4.69, 9.17) is 0 Å². The third-order valence-electron chi connectivity index (χ3n) is 10.2. The summed E-state index contributed by atoms with van der Waals surface area (Å²) in [5, 5.41) is 0. The van der Waals surface area contributed by atoms with Crippen LogP contribution in [0.5, 0.6) is 0 Å². The molecule has 42 heavy (non-hydrogen) atoms. The van der Waals surface area contributed by atoms with Crippen LogP contribution in [0.15, 0.2) is 84.9 Å². The molecule has 0 bridgehead atoms. The van der Waals surface area contributed by atoms with Gasteiger partial charge in [0.05, 0.1) is 0 Å². The second-order valence-corrected chi connectivity index (χ2v) is 58.5. The molecule has 0 saturated carbocycles. The fraction of sp³-hybridized carbons (Fsp3) is 0.300. The Morgan fingerprint density at radius 2 is 1.05 bits per heavy atom. The Kier molecular flexibility index (Phi) is 7.86. The average Bonchev–Trinajstić information content (AvgIpc) is 3.58. The summed E-state index contributed by atoms with van der Waals surface area (Å²) in [6.07, 6.45) is 13.4. The van der Waals surface area contributed by atoms with Crippen LogP contribution in [0, 0.1) is 27.7 Å². The Morgan fingerprint density at radius 3 is 1.45 bits per heavy atom. The third kappa shape index (κ3) is 5.13. The molecule has 4 aromatic carbocycles. The zero-order chi connectivity index (χ0) is 29.7. The SMILES string of the molecule is CCCC[SiH]=[Hf]([CH3])([CH3])([CH]1C=Cc2c(-c3cc(C)cc(C)c3)cccc21)[CH]1C=Cc2c(-c3cc(C)cc(C)c3)cccc21. The number of allylic oxidation sites excluding steroid dienone is 2. The molecule has 0 fully saturated rings. The number of rotatable bonds is 7. The molecule has 2 atom stereocenters. The van der Waals surface area contributed by atoms with E-state index in [1.54, 1.807) is 11.1 Å². The number of hydrogen-bond acceptors (Lipinski definition) is 0. The van der Waals surface area contributed by atoms with E-state index < -0.39 is 17.1 Å². The van der Waals surface area contributed by atoms with Crippen molar-refractivity contribution in [1.29, 1.82) is 0 Å². The van der Waals surface area contributed by atoms with E-state index in [1.165, 1.54) is 74.5 Å². The number of aryl methyl sites for hydroxylation is 4. The second-order valence-electron chi connectivity index (χ2n) is 14.1. The van der Waals surface area contributed by atoms with Crippen LogP contribution in [-0.2, 0) is 17.1 Å². The first-order valence-electron chi connectivity index (χ1n) is 15.9. The van der Waals surface area contributed by atoms with E-state index in [1.807, 2.05) is 0 Å². The molecule has 0 aliphatic heterocycles. The number of hydrogen-bond donors (Lipinski definition) is 0. The molecule has 2 aliphatic carbocycles. The molecular formula is C40H46HfSi. The number of benzene rings is 4. The van der Waals surface area contributed by atoms with Crippen LogP contribution in [0.3, 0.4) is 0 Å². The summed E-state index contributed by atoms with van der Waals surface area (Å²) >= 11 is -3.67. The molecule has 0 nitrogen and oxygen atoms in total. The van der Waals surface area contributed by atoms with Crippen LogP contribution in [0.4, 0.5) is 0 Å². The molecule has 0 radical (unpaired) electrons. The van der Waals surface area contributed by atoms with Gasteiger partial charge in [0.1, 0.15) is 0 Å². The van der Waals surface area contributed by atoms with Gasteiger partial charge in [0.25, 0.3) is 0 Å². The van der Waals surface area contributed by atoms with Crippen molar-refractivity contribution in [2.24, 2.45) is 0 Å². The molecule has 0 amide bonds. The van der Waals surface area contributed by atoms with E-state index in [2.05, 4.69) is 141 Å². The predicted octanol–water partition coefficient (Wildman–Crippen LogP) is 11.4. The van der Waals surface area contributed by atoms with Crippen molar-refractivity contribution in [3.63, 3.8) is 0 Å². The molecule has 0 saturated heterocycles. The summed E-state index contributed by atoms with van der Waals surface area (Å²) in [6, 6.07) is 29.8. The molecule has 214 valence electrons. The van der Waals surface area contributed by atoms with Gasteiger partial charge in [-0.25, -0.2) is 0 Å². The first kappa shape index (κ1) is 29.5. The van der Waals surface area contributed by atoms with Crippen LogP contribution in [-0.4, -0.2) is 6.22 Å². The maximum atomic E-state index is 2.85. The molecule has 0 spiro atoms. The fourth-order valence-electron chi connectivity index (χ4n) is 8.23. The Balaban J connectivity index is 1.51. The normalized spacial score (nSPS) is 17.4. The Bertz CT molecular complexity index is 1660. The minimum absolute atomic E-state index is 0.394. The number of fused-ring (bicyclic) bond motifs is 2. The zero-order valence-electron chi connectivity index (χ0n) is 26.6. The van der Waals surface area contributed by atoms with Crippen molar-refractivity contribution in [3.8, 4) is 22.3 Å². The van der Waals surface area contributed by atoms with Gasteiger partial charge in [-0.15, -0.1) is 0 Å². The molecule has 6 rings (SSSR count). The molecule has 0 heterocycles. The van der Waals surface area contributed by atoms with E-state index in [0.29, 0.717) is 13.6 Å². The van der Waals surface area contributed by atoms with Crippen molar-refractivity contribution in [3.05, 3.63) is 129 Å². The Morgan fingerprint density at radius 1 is 0.619 bits per heavy atom. The van der Waals surface area contributed by atoms with Crippen LogP contribution in [0.25, 0.3) is 34.4 Å². The first-order valence-corrected chi connectivity index (χ1v) is 34.9. The Labute approximate surface area is 255 Å². The predicted molar refractivity (Wildman–Crippen MR) is 185 cm³/mol. The second kappa shape index (κ2) is 11.2. The standard InChI is InChI=1S/2C17H15.C4H10Si.2CH3.Hf/c2*1-12-9-13(2)11-15(10-12)17-8-4-6-14-5-3-7-16(14)17;1-2-3-4-5;;;/h2*3-11H,1-2H3;5H,2-4H2,1H3;2*1H3;. The summed E-state index contributed by atoms with van der Waals surface area (Å²) in [5.74, 6) is 0. The molecule has 4 aromatic rings. The molecule has 2 aliphatic rings. The Hall–Kier alpha value is -2.55. The molecule has 0 aromatic heterocycles. The molecule has 2 heteroatoms. The summed E-state index contributed by atoms with van der Waals surface area (Å²) in [5.41, 5.74) is 17.0. The summed E-state index contributed by atoms with van der Waals surface area (Å²) in [7, 11) is 0. The summed E-state index contributed by atoms with van der Waals surface area (Å²) in [6.45, 7) is 11.2. The van der Waals surface area contributed by atoms with Crippen LogP contribution >= 0.6 is 0 Å². The number of unbranched alkanes of at least 4 members (excludes halogenated alkanes) is 1. The monoisotopic (exact) mass is 734 g/mol. The van der Waals surface area contributed by atoms with Gasteiger partial charge in [0.2, 0.25) is 0 Å². The summed E-state index contributed by atoms with van der Waals surface area (Å²) < 4.78 is 6.87. The van der Waals surface area contributed by atoms with Gasteiger partial charge >= 0.3 is 257 Å². The van der Waals surface area contributed by atoms with Gasteiger partial charge in [-0.1, -0.05) is 0 Å². The zero-order valence-corrected chi connectivity index (χ0v) is 31.3. The first-order chi connectivity index (χ1) is 20.1. The van der Waals surface area contributed by atoms with E-state index in [-0.39, 0.29) is 0 Å². The fourth-order valence-corrected chi connectivity index (χ4v) is 47.8. The van der Waals surface area contributed by atoms with Gasteiger partial charge in [-0.2, -0.15) is 0 Å². The molecule has 2 unspecified atom stereocenters. The maximum absolute atomic E-state index is 3.67. The average molecular weight is 733 g/mol. The quantitative estimate of drug-likeness (QED) is 0.131. The van der Waals surface area contributed by atoms with Gasteiger partial charge < -0.3 is 0 Å². The van der Waals surface area contributed by atoms with Crippen molar-refractivity contribution in [2.75, 3.05) is 0 Å². The van der Waals surface area contributed by atoms with E-state index in [0.717, 1.165) is 0 Å². The topological polar surface area (TPSA) is 0 Å². The molecule has 0 N–H and O–H groups in total. The van der Waals surface area contributed by atoms with Crippen molar-refractivity contribution in [2.45, 2.75) is 70.2 Å². The van der Waals surface area contributed by atoms with Gasteiger partial charge in [0.15, 0.2) is 0 Å². The summed E-state index contributed by atoms with van der Waals surface area (Å²) in [4.78, 5) is 0. The van der Waals surface area contributed by atoms with Crippen molar-refractivity contribution < 1.29 is 17.1 Å². The van der Waals surface area contributed by atoms with Gasteiger partial charge in [-0.3, -0.25) is 0 Å². The third-order valence-corrected chi connectivity index (χ3v) is 52.8. The van der Waals surface area contributed by atoms with Crippen LogP contribution in [0.2, 0.25) is 15.4 Å². The van der Waals surface area contributed by atoms with Crippen LogP contribution in [0.1, 0.15) is 71.6 Å². The minimum atomic E-state index is -3.67. The van der Waals surface area contributed by atoms with Crippen molar-refractivity contribution >= 4 is 18.4 Å². The van der Waals surface area contributed by atoms with Crippen molar-refractivity contribution in [1.82, 2.24) is 0 Å². The molecular weight excluding hydrogens is 687 g/mol. The van der Waals surface area contributed by atoms with Gasteiger partial charge in [0, 0.05) is 0 Å².